The van der Waals surface area contributed by atoms with Gasteiger partial charge in [-0.25, -0.2) is 15.0 Å². The van der Waals surface area contributed by atoms with Gasteiger partial charge in [-0.2, -0.15) is 13.2 Å². The van der Waals surface area contributed by atoms with Crippen LogP contribution in [0.4, 0.5) is 18.9 Å². The first-order chi connectivity index (χ1) is 16.6. The number of nitrogens with zero attached hydrogens (tertiary/aromatic N) is 5. The molecule has 0 amide bonds. The molecule has 11 heteroatoms. The molecule has 0 aliphatic carbocycles. The molecule has 1 saturated heterocycles. The smallest absolute Gasteiger partial charge is 0.398 e. The first-order valence-corrected chi connectivity index (χ1v) is 11.5. The van der Waals surface area contributed by atoms with Crippen LogP contribution in [0.15, 0.2) is 29.3 Å². The molecule has 1 aromatic carbocycles. The molecule has 4 heterocycles. The Kier molecular flexibility index (Phi) is 6.79. The quantitative estimate of drug-likeness (QED) is 0.425. The largest absolute Gasteiger partial charge is 0.418 e. The summed E-state index contributed by atoms with van der Waals surface area (Å²) in [6.45, 7) is 10.0. The van der Waals surface area contributed by atoms with Gasteiger partial charge >= 0.3 is 6.18 Å². The van der Waals surface area contributed by atoms with E-state index in [0.717, 1.165) is 23.4 Å². The highest BCUT2D eigenvalue weighted by atomic mass is 19.4. The fraction of sp³-hybridized carbons (Fsp3) is 0.417. The van der Waals surface area contributed by atoms with E-state index in [1.54, 1.807) is 12.4 Å². The van der Waals surface area contributed by atoms with Crippen molar-refractivity contribution in [2.75, 3.05) is 25.4 Å². The number of alkyl halides is 3. The molecule has 186 valence electrons. The van der Waals surface area contributed by atoms with Crippen LogP contribution < -0.4 is 11.3 Å². The Bertz CT molecular complexity index is 1420. The van der Waals surface area contributed by atoms with Crippen LogP contribution in [0.5, 0.6) is 0 Å². The molecular weight excluding hydrogens is 459 g/mol. The second kappa shape index (κ2) is 9.65. The Morgan fingerprint density at radius 2 is 1.86 bits per heavy atom. The first-order valence-electron chi connectivity index (χ1n) is 11.5. The van der Waals surface area contributed by atoms with E-state index in [0.29, 0.717) is 11.5 Å². The monoisotopic (exact) mass is 487 g/mol. The molecule has 1 fully saturated rings. The molecule has 3 N–H and O–H groups in total. The van der Waals surface area contributed by atoms with Gasteiger partial charge in [0.1, 0.15) is 5.82 Å². The summed E-state index contributed by atoms with van der Waals surface area (Å²) in [5.74, 6) is 0.787. The lowest BCUT2D eigenvalue weighted by atomic mass is 10.1. The van der Waals surface area contributed by atoms with Gasteiger partial charge in [0.25, 0.3) is 5.56 Å². The molecule has 0 unspecified atom stereocenters. The summed E-state index contributed by atoms with van der Waals surface area (Å²) in [5, 5.41) is -0.173. The second-order valence-electron chi connectivity index (χ2n) is 8.71. The Labute approximate surface area is 200 Å². The number of nitrogen functional groups attached to an aromatic ring is 1. The van der Waals surface area contributed by atoms with Crippen molar-refractivity contribution in [2.24, 2.45) is 0 Å². The van der Waals surface area contributed by atoms with Crippen molar-refractivity contribution in [2.45, 2.75) is 46.2 Å². The standard InChI is InChI=1S/C18H15F3N6O.C6H13N/c1-8-6-23-17-24-10(7-27(17)9(8)2)3-15-25-14-5-13(22)12(18(19,20)21)4-11(14)16(28)26-15;1-2-7-5-3-4-6-7/h4-7H,3,22H2,1-2H3,(H,25,26,28);2-6H2,1H3. The van der Waals surface area contributed by atoms with E-state index in [9.17, 15) is 18.0 Å². The van der Waals surface area contributed by atoms with Crippen LogP contribution in [-0.2, 0) is 12.6 Å². The summed E-state index contributed by atoms with van der Waals surface area (Å²) in [7, 11) is 0. The molecule has 5 rings (SSSR count). The van der Waals surface area contributed by atoms with E-state index in [1.807, 2.05) is 18.2 Å². The van der Waals surface area contributed by atoms with Crippen LogP contribution in [0, 0.1) is 13.8 Å². The van der Waals surface area contributed by atoms with Gasteiger partial charge in [-0.05, 0) is 64.0 Å². The summed E-state index contributed by atoms with van der Waals surface area (Å²) >= 11 is 0. The lowest BCUT2D eigenvalue weighted by Crippen LogP contribution is -2.17. The maximum Gasteiger partial charge on any atom is 0.418 e. The van der Waals surface area contributed by atoms with Crippen LogP contribution in [0.25, 0.3) is 16.7 Å². The van der Waals surface area contributed by atoms with Crippen molar-refractivity contribution >= 4 is 22.4 Å². The maximum atomic E-state index is 13.0. The molecule has 4 aromatic rings. The first kappa shape index (κ1) is 24.6. The number of fused-ring (bicyclic) bond motifs is 2. The second-order valence-corrected chi connectivity index (χ2v) is 8.71. The molecular formula is C24H28F3N7O. The van der Waals surface area contributed by atoms with Gasteiger partial charge in [-0.3, -0.25) is 9.20 Å². The van der Waals surface area contributed by atoms with Gasteiger partial charge in [-0.15, -0.1) is 0 Å². The summed E-state index contributed by atoms with van der Waals surface area (Å²) in [6.07, 6.45) is 1.90. The van der Waals surface area contributed by atoms with Gasteiger partial charge in [0, 0.05) is 30.2 Å². The number of aryl methyl sites for hydroxylation is 2. The third-order valence-electron chi connectivity index (χ3n) is 6.27. The SMILES string of the molecule is CCN1CCCC1.Cc1cnc2nc(Cc3nc4cc(N)c(C(F)(F)F)cc4c(=O)[nH]3)cn2c1C. The minimum absolute atomic E-state index is 0.0955. The number of hydrogen-bond acceptors (Lipinski definition) is 6. The molecule has 1 aliphatic heterocycles. The number of likely N-dealkylation sites (tertiary alicyclic amines) is 1. The van der Waals surface area contributed by atoms with Gasteiger partial charge in [-0.1, -0.05) is 6.92 Å². The number of rotatable bonds is 3. The Balaban J connectivity index is 0.000000356. The number of aromatic nitrogens is 5. The summed E-state index contributed by atoms with van der Waals surface area (Å²) in [4.78, 5) is 30.2. The number of halogens is 3. The molecule has 8 nitrogen and oxygen atoms in total. The molecule has 0 saturated carbocycles. The molecule has 3 aromatic heterocycles. The summed E-state index contributed by atoms with van der Waals surface area (Å²) in [6, 6.07) is 1.79. The zero-order valence-corrected chi connectivity index (χ0v) is 19.9. The Morgan fingerprint density at radius 1 is 1.14 bits per heavy atom. The lowest BCUT2D eigenvalue weighted by molar-refractivity contribution is -0.136. The normalized spacial score (nSPS) is 14.5. The summed E-state index contributed by atoms with van der Waals surface area (Å²) in [5.41, 5.74) is 6.00. The van der Waals surface area contributed by atoms with Crippen LogP contribution in [0.1, 0.15) is 48.1 Å². The number of anilines is 1. The van der Waals surface area contributed by atoms with Crippen molar-refractivity contribution in [3.63, 3.8) is 0 Å². The average Bonchev–Trinajstić information content (AvgIpc) is 3.45. The van der Waals surface area contributed by atoms with Crippen molar-refractivity contribution < 1.29 is 13.2 Å². The van der Waals surface area contributed by atoms with Crippen molar-refractivity contribution in [3.8, 4) is 0 Å². The molecule has 1 aliphatic rings. The zero-order chi connectivity index (χ0) is 25.3. The van der Waals surface area contributed by atoms with E-state index < -0.39 is 23.0 Å². The molecule has 0 atom stereocenters. The maximum absolute atomic E-state index is 13.0. The molecule has 0 bridgehead atoms. The van der Waals surface area contributed by atoms with Crippen molar-refractivity contribution in [1.82, 2.24) is 29.2 Å². The van der Waals surface area contributed by atoms with Crippen LogP contribution in [-0.4, -0.2) is 48.9 Å². The number of imidazole rings is 1. The minimum Gasteiger partial charge on any atom is -0.398 e. The summed E-state index contributed by atoms with van der Waals surface area (Å²) < 4.78 is 40.9. The Morgan fingerprint density at radius 3 is 2.49 bits per heavy atom. The van der Waals surface area contributed by atoms with Crippen molar-refractivity contribution in [1.29, 1.82) is 0 Å². The van der Waals surface area contributed by atoms with Gasteiger partial charge in [0.2, 0.25) is 5.78 Å². The number of H-pyrrole nitrogens is 1. The number of nitrogens with two attached hydrogens (primary N) is 1. The van der Waals surface area contributed by atoms with Gasteiger partial charge in [0.05, 0.1) is 22.2 Å². The number of benzene rings is 1. The average molecular weight is 488 g/mol. The third kappa shape index (κ3) is 5.29. The Hall–Kier alpha value is -3.47. The predicted octanol–water partition coefficient (Wildman–Crippen LogP) is 3.88. The van der Waals surface area contributed by atoms with Crippen LogP contribution in [0.3, 0.4) is 0 Å². The number of hydrogen-bond donors (Lipinski definition) is 2. The lowest BCUT2D eigenvalue weighted by Gasteiger charge is -2.11. The van der Waals surface area contributed by atoms with E-state index >= 15 is 0 Å². The molecule has 35 heavy (non-hydrogen) atoms. The number of aromatic amines is 1. The van der Waals surface area contributed by atoms with Gasteiger partial charge in [0.15, 0.2) is 0 Å². The highest BCUT2D eigenvalue weighted by Crippen LogP contribution is 2.35. The van der Waals surface area contributed by atoms with Crippen molar-refractivity contribution in [3.05, 3.63) is 63.2 Å². The highest BCUT2D eigenvalue weighted by molar-refractivity contribution is 5.83. The fourth-order valence-electron chi connectivity index (χ4n) is 4.13. The van der Waals surface area contributed by atoms with E-state index in [2.05, 4.69) is 31.8 Å². The van der Waals surface area contributed by atoms with E-state index in [-0.39, 0.29) is 23.1 Å². The number of nitrogens with one attached hydrogen (secondary N) is 1. The molecule has 0 spiro atoms. The zero-order valence-electron chi connectivity index (χ0n) is 19.9. The van der Waals surface area contributed by atoms with E-state index in [1.165, 1.54) is 32.5 Å². The predicted molar refractivity (Wildman–Crippen MR) is 128 cm³/mol. The van der Waals surface area contributed by atoms with Gasteiger partial charge < -0.3 is 15.6 Å². The topological polar surface area (TPSA) is 105 Å². The third-order valence-corrected chi connectivity index (χ3v) is 6.27. The van der Waals surface area contributed by atoms with Crippen LogP contribution >= 0.6 is 0 Å². The van der Waals surface area contributed by atoms with E-state index in [4.69, 9.17) is 5.73 Å². The highest BCUT2D eigenvalue weighted by Gasteiger charge is 2.33. The van der Waals surface area contributed by atoms with Crippen LogP contribution in [0.2, 0.25) is 0 Å². The molecule has 0 radical (unpaired) electrons. The fourth-order valence-corrected chi connectivity index (χ4v) is 4.13. The minimum atomic E-state index is -4.65.